The third-order valence-electron chi connectivity index (χ3n) is 2.04. The molecule has 1 amide bonds. The molecule has 0 radical (unpaired) electrons. The minimum atomic E-state index is 0.0302. The van der Waals surface area contributed by atoms with Gasteiger partial charge in [-0.1, -0.05) is 12.1 Å². The highest BCUT2D eigenvalue weighted by Crippen LogP contribution is 2.12. The maximum absolute atomic E-state index is 11.3. The van der Waals surface area contributed by atoms with Gasteiger partial charge >= 0.3 is 0 Å². The smallest absolute Gasteiger partial charge is 0.223 e. The van der Waals surface area contributed by atoms with Gasteiger partial charge in [0.15, 0.2) is 0 Å². The second-order valence-corrected chi connectivity index (χ2v) is 4.14. The molecule has 1 aromatic rings. The number of hydrogen-bond acceptors (Lipinski definition) is 2. The Balaban J connectivity index is 2.28. The van der Waals surface area contributed by atoms with Crippen LogP contribution in [0.1, 0.15) is 25.8 Å². The lowest BCUT2D eigenvalue weighted by atomic mass is 10.2. The number of nitrogens with one attached hydrogen (secondary N) is 1. The van der Waals surface area contributed by atoms with E-state index < -0.39 is 0 Å². The molecule has 3 nitrogen and oxygen atoms in total. The number of hydrogen-bond donors (Lipinski definition) is 1. The Morgan fingerprint density at radius 2 is 2.19 bits per heavy atom. The number of benzene rings is 1. The zero-order valence-corrected chi connectivity index (χ0v) is 10.1. The molecule has 0 saturated heterocycles. The lowest BCUT2D eigenvalue weighted by Crippen LogP contribution is -2.31. The second-order valence-electron chi connectivity index (χ2n) is 4.14. The molecule has 1 aromatic carbocycles. The number of amides is 1. The normalized spacial score (nSPS) is 10.2. The lowest BCUT2D eigenvalue weighted by molar-refractivity contribution is -0.122. The molecule has 1 rings (SSSR count). The topological polar surface area (TPSA) is 38.3 Å². The predicted octanol–water partition coefficient (Wildman–Crippen LogP) is 2.29. The van der Waals surface area contributed by atoms with Crippen molar-refractivity contribution in [1.82, 2.24) is 5.32 Å². The summed E-state index contributed by atoms with van der Waals surface area (Å²) in [6.07, 6.45) is 0.395. The van der Waals surface area contributed by atoms with E-state index in [0.717, 1.165) is 11.3 Å². The van der Waals surface area contributed by atoms with Gasteiger partial charge in [-0.3, -0.25) is 4.79 Å². The third kappa shape index (κ3) is 4.82. The number of aryl methyl sites for hydroxylation is 1. The maximum atomic E-state index is 11.3. The van der Waals surface area contributed by atoms with E-state index in [2.05, 4.69) is 5.32 Å². The van der Waals surface area contributed by atoms with E-state index in [-0.39, 0.29) is 11.9 Å². The zero-order valence-electron chi connectivity index (χ0n) is 10.1. The van der Waals surface area contributed by atoms with E-state index in [4.69, 9.17) is 4.74 Å². The van der Waals surface area contributed by atoms with E-state index in [1.54, 1.807) is 0 Å². The van der Waals surface area contributed by atoms with Crippen molar-refractivity contribution < 1.29 is 9.53 Å². The lowest BCUT2D eigenvalue weighted by Gasteiger charge is -2.09. The predicted molar refractivity (Wildman–Crippen MR) is 64.6 cm³/mol. The molecule has 1 N–H and O–H groups in total. The van der Waals surface area contributed by atoms with E-state index in [0.29, 0.717) is 13.0 Å². The molecule has 0 saturated carbocycles. The van der Waals surface area contributed by atoms with Crippen LogP contribution >= 0.6 is 0 Å². The highest BCUT2D eigenvalue weighted by molar-refractivity contribution is 5.76. The van der Waals surface area contributed by atoms with E-state index >= 15 is 0 Å². The van der Waals surface area contributed by atoms with Crippen LogP contribution in [0.15, 0.2) is 24.3 Å². The summed E-state index contributed by atoms with van der Waals surface area (Å²) in [5.74, 6) is 0.847. The van der Waals surface area contributed by atoms with Crippen molar-refractivity contribution in [2.75, 3.05) is 6.61 Å². The van der Waals surface area contributed by atoms with Gasteiger partial charge in [0, 0.05) is 6.04 Å². The van der Waals surface area contributed by atoms with Crippen molar-refractivity contribution >= 4 is 5.91 Å². The Morgan fingerprint density at radius 3 is 2.81 bits per heavy atom. The molecule has 0 atom stereocenters. The molecule has 88 valence electrons. The molecule has 0 aliphatic heterocycles. The fraction of sp³-hybridized carbons (Fsp3) is 0.462. The van der Waals surface area contributed by atoms with Crippen LogP contribution in [0.25, 0.3) is 0 Å². The largest absolute Gasteiger partial charge is 0.493 e. The molecule has 0 fully saturated rings. The number of rotatable bonds is 5. The van der Waals surface area contributed by atoms with Crippen molar-refractivity contribution in [2.24, 2.45) is 0 Å². The first-order valence-electron chi connectivity index (χ1n) is 5.57. The molecular formula is C13H19NO2. The minimum Gasteiger partial charge on any atom is -0.493 e. The van der Waals surface area contributed by atoms with E-state index in [1.165, 1.54) is 0 Å². The summed E-state index contributed by atoms with van der Waals surface area (Å²) in [5, 5.41) is 2.82. The first-order valence-corrected chi connectivity index (χ1v) is 5.57. The van der Waals surface area contributed by atoms with Crippen LogP contribution in [0.3, 0.4) is 0 Å². The van der Waals surface area contributed by atoms with Crippen molar-refractivity contribution in [1.29, 1.82) is 0 Å². The van der Waals surface area contributed by atoms with Crippen LogP contribution in [-0.2, 0) is 4.79 Å². The van der Waals surface area contributed by atoms with Gasteiger partial charge < -0.3 is 10.1 Å². The van der Waals surface area contributed by atoms with Gasteiger partial charge in [-0.05, 0) is 38.5 Å². The van der Waals surface area contributed by atoms with Crippen molar-refractivity contribution in [3.8, 4) is 5.75 Å². The molecular weight excluding hydrogens is 202 g/mol. The Bertz CT molecular complexity index is 348. The Morgan fingerprint density at radius 1 is 1.44 bits per heavy atom. The third-order valence-corrected chi connectivity index (χ3v) is 2.04. The molecule has 3 heteroatoms. The molecule has 0 aliphatic carbocycles. The summed E-state index contributed by atoms with van der Waals surface area (Å²) in [4.78, 5) is 11.3. The second kappa shape index (κ2) is 6.16. The Kier molecular flexibility index (Phi) is 4.83. The van der Waals surface area contributed by atoms with Gasteiger partial charge in [-0.15, -0.1) is 0 Å². The van der Waals surface area contributed by atoms with E-state index in [1.807, 2.05) is 45.0 Å². The van der Waals surface area contributed by atoms with Crippen LogP contribution in [0.4, 0.5) is 0 Å². The summed E-state index contributed by atoms with van der Waals surface area (Å²) >= 11 is 0. The minimum absolute atomic E-state index is 0.0302. The molecule has 0 aliphatic rings. The zero-order chi connectivity index (χ0) is 12.0. The van der Waals surface area contributed by atoms with Crippen molar-refractivity contribution in [2.45, 2.75) is 33.2 Å². The SMILES string of the molecule is Cc1cccc(OCCC(=O)NC(C)C)c1. The molecule has 0 spiro atoms. The van der Waals surface area contributed by atoms with Crippen molar-refractivity contribution in [3.05, 3.63) is 29.8 Å². The number of carbonyl (C=O) groups excluding carboxylic acids is 1. The van der Waals surface area contributed by atoms with E-state index in [9.17, 15) is 4.79 Å². The van der Waals surface area contributed by atoms with Crippen LogP contribution < -0.4 is 10.1 Å². The summed E-state index contributed by atoms with van der Waals surface area (Å²) in [6.45, 7) is 6.32. The van der Waals surface area contributed by atoms with Crippen LogP contribution in [0.2, 0.25) is 0 Å². The average Bonchev–Trinajstić information content (AvgIpc) is 2.16. The first kappa shape index (κ1) is 12.6. The highest BCUT2D eigenvalue weighted by Gasteiger charge is 2.03. The van der Waals surface area contributed by atoms with Crippen LogP contribution in [-0.4, -0.2) is 18.6 Å². The van der Waals surface area contributed by atoms with Gasteiger partial charge in [-0.2, -0.15) is 0 Å². The summed E-state index contributed by atoms with van der Waals surface area (Å²) in [5.41, 5.74) is 1.16. The van der Waals surface area contributed by atoms with Crippen molar-refractivity contribution in [3.63, 3.8) is 0 Å². The van der Waals surface area contributed by atoms with Gasteiger partial charge in [0.05, 0.1) is 13.0 Å². The van der Waals surface area contributed by atoms with Crippen LogP contribution in [0.5, 0.6) is 5.75 Å². The molecule has 0 heterocycles. The maximum Gasteiger partial charge on any atom is 0.223 e. The molecule has 0 unspecified atom stereocenters. The summed E-state index contributed by atoms with van der Waals surface area (Å²) < 4.78 is 5.48. The summed E-state index contributed by atoms with van der Waals surface area (Å²) in [7, 11) is 0. The quantitative estimate of drug-likeness (QED) is 0.828. The Hall–Kier alpha value is -1.51. The van der Waals surface area contributed by atoms with Gasteiger partial charge in [0.2, 0.25) is 5.91 Å². The monoisotopic (exact) mass is 221 g/mol. The first-order chi connectivity index (χ1) is 7.58. The summed E-state index contributed by atoms with van der Waals surface area (Å²) in [6, 6.07) is 8.00. The Labute approximate surface area is 96.8 Å². The molecule has 0 bridgehead atoms. The van der Waals surface area contributed by atoms with Gasteiger partial charge in [-0.25, -0.2) is 0 Å². The molecule has 0 aromatic heterocycles. The number of ether oxygens (including phenoxy) is 1. The fourth-order valence-corrected chi connectivity index (χ4v) is 1.36. The van der Waals surface area contributed by atoms with Gasteiger partial charge in [0.25, 0.3) is 0 Å². The highest BCUT2D eigenvalue weighted by atomic mass is 16.5. The van der Waals surface area contributed by atoms with Gasteiger partial charge in [0.1, 0.15) is 5.75 Å². The number of carbonyl (C=O) groups is 1. The fourth-order valence-electron chi connectivity index (χ4n) is 1.36. The molecule has 16 heavy (non-hydrogen) atoms. The van der Waals surface area contributed by atoms with Crippen LogP contribution in [0, 0.1) is 6.92 Å². The average molecular weight is 221 g/mol. The standard InChI is InChI=1S/C13H19NO2/c1-10(2)14-13(15)7-8-16-12-6-4-5-11(3)9-12/h4-6,9-10H,7-8H2,1-3H3,(H,14,15).